The average molecular weight is 526 g/mol. The number of rotatable bonds is 8. The molecule has 4 heterocycles. The van der Waals surface area contributed by atoms with Gasteiger partial charge in [-0.3, -0.25) is 9.36 Å². The fourth-order valence-corrected chi connectivity index (χ4v) is 5.78. The van der Waals surface area contributed by atoms with Crippen LogP contribution in [0.1, 0.15) is 31.9 Å². The Morgan fingerprint density at radius 2 is 1.92 bits per heavy atom. The van der Waals surface area contributed by atoms with Crippen LogP contribution >= 0.6 is 11.3 Å². The molecule has 0 spiro atoms. The summed E-state index contributed by atoms with van der Waals surface area (Å²) in [5.41, 5.74) is -2.80. The summed E-state index contributed by atoms with van der Waals surface area (Å²) in [7, 11) is 0. The first-order valence-corrected chi connectivity index (χ1v) is 12.6. The van der Waals surface area contributed by atoms with Gasteiger partial charge < -0.3 is 19.0 Å². The lowest BCUT2D eigenvalue weighted by atomic mass is 9.94. The molecular weight excluding hydrogens is 498 g/mol. The molecule has 37 heavy (non-hydrogen) atoms. The van der Waals surface area contributed by atoms with Crippen LogP contribution in [-0.4, -0.2) is 44.5 Å². The lowest BCUT2D eigenvalue weighted by Crippen LogP contribution is -2.54. The van der Waals surface area contributed by atoms with E-state index in [9.17, 15) is 19.5 Å². The van der Waals surface area contributed by atoms with Gasteiger partial charge in [0, 0.05) is 0 Å². The Balaban J connectivity index is 1.80. The summed E-state index contributed by atoms with van der Waals surface area (Å²) in [5, 5.41) is 10.2. The molecule has 0 saturated carbocycles. The van der Waals surface area contributed by atoms with E-state index in [0.29, 0.717) is 34.4 Å². The number of aryl methyl sites for hydroxylation is 1. The van der Waals surface area contributed by atoms with Gasteiger partial charge in [-0.05, 0) is 38.8 Å². The Kier molecular flexibility index (Phi) is 6.17. The maximum absolute atomic E-state index is 14.0. The van der Waals surface area contributed by atoms with E-state index in [1.165, 1.54) is 42.2 Å². The molecule has 11 heteroatoms. The number of benzene rings is 1. The first-order valence-electron chi connectivity index (χ1n) is 11.8. The number of carbonyl (C=O) groups is 1. The van der Waals surface area contributed by atoms with Gasteiger partial charge >= 0.3 is 11.7 Å². The van der Waals surface area contributed by atoms with Crippen LogP contribution in [0.25, 0.3) is 21.0 Å². The monoisotopic (exact) mass is 525 g/mol. The topological polar surface area (TPSA) is 126 Å². The molecule has 3 aromatic heterocycles. The number of oxazole rings is 1. The van der Waals surface area contributed by atoms with E-state index < -0.39 is 28.4 Å². The van der Waals surface area contributed by atoms with Crippen molar-refractivity contribution in [3.8, 4) is 10.8 Å². The Labute approximate surface area is 215 Å². The Bertz CT molecular complexity index is 1580. The molecule has 1 saturated heterocycles. The zero-order valence-corrected chi connectivity index (χ0v) is 21.7. The van der Waals surface area contributed by atoms with Gasteiger partial charge in [-0.1, -0.05) is 30.3 Å². The number of hydrogen-bond donors (Lipinski definition) is 1. The van der Waals surface area contributed by atoms with Gasteiger partial charge in [0.15, 0.2) is 0 Å². The number of hydrogen-bond acceptors (Lipinski definition) is 8. The fourth-order valence-electron chi connectivity index (χ4n) is 4.55. The highest BCUT2D eigenvalue weighted by Gasteiger charge is 2.39. The number of aromatic nitrogens is 3. The lowest BCUT2D eigenvalue weighted by Gasteiger charge is -2.38. The summed E-state index contributed by atoms with van der Waals surface area (Å²) < 4.78 is 19.5. The van der Waals surface area contributed by atoms with Crippen LogP contribution in [0, 0.1) is 6.92 Å². The number of thiophene rings is 1. The van der Waals surface area contributed by atoms with Crippen molar-refractivity contribution < 1.29 is 23.8 Å². The second kappa shape index (κ2) is 9.09. The quantitative estimate of drug-likeness (QED) is 0.371. The van der Waals surface area contributed by atoms with Crippen LogP contribution in [0.2, 0.25) is 0 Å². The zero-order chi connectivity index (χ0) is 26.5. The van der Waals surface area contributed by atoms with E-state index in [-0.39, 0.29) is 18.0 Å². The van der Waals surface area contributed by atoms with Crippen LogP contribution in [0.15, 0.2) is 56.8 Å². The summed E-state index contributed by atoms with van der Waals surface area (Å²) in [4.78, 5) is 45.1. The van der Waals surface area contributed by atoms with Crippen molar-refractivity contribution in [1.29, 1.82) is 0 Å². The summed E-state index contributed by atoms with van der Waals surface area (Å²) in [5.74, 6) is -0.984. The fraction of sp³-hybridized carbons (Fsp3) is 0.385. The largest absolute Gasteiger partial charge is 0.480 e. The third kappa shape index (κ3) is 4.12. The number of fused-ring (bicyclic) bond motifs is 1. The molecule has 0 aliphatic carbocycles. The third-order valence-electron chi connectivity index (χ3n) is 6.80. The Morgan fingerprint density at radius 3 is 2.49 bits per heavy atom. The molecule has 4 aromatic rings. The maximum atomic E-state index is 14.0. The van der Waals surface area contributed by atoms with Gasteiger partial charge in [0.2, 0.25) is 5.89 Å². The number of nitrogens with zero attached hydrogens (tertiary/aromatic N) is 3. The van der Waals surface area contributed by atoms with E-state index in [1.54, 1.807) is 6.92 Å². The first-order chi connectivity index (χ1) is 17.5. The molecule has 1 fully saturated rings. The highest BCUT2D eigenvalue weighted by molar-refractivity contribution is 7.22. The Hall–Kier alpha value is -3.54. The molecule has 194 valence electrons. The number of carboxylic acid groups (broad SMARTS) is 1. The molecule has 0 bridgehead atoms. The van der Waals surface area contributed by atoms with Gasteiger partial charge in [-0.15, -0.1) is 11.3 Å². The van der Waals surface area contributed by atoms with Crippen LogP contribution in [0.3, 0.4) is 0 Å². The molecule has 1 N–H and O–H groups in total. The smallest absolute Gasteiger partial charge is 0.333 e. The van der Waals surface area contributed by atoms with E-state index in [4.69, 9.17) is 13.9 Å². The van der Waals surface area contributed by atoms with Crippen molar-refractivity contribution in [3.05, 3.63) is 74.8 Å². The van der Waals surface area contributed by atoms with Gasteiger partial charge in [-0.25, -0.2) is 19.1 Å². The molecule has 10 nitrogen and oxygen atoms in total. The summed E-state index contributed by atoms with van der Waals surface area (Å²) in [6, 6.07) is 9.49. The minimum Gasteiger partial charge on any atom is -0.480 e. The molecule has 1 atom stereocenters. The lowest BCUT2D eigenvalue weighted by molar-refractivity contribution is -0.195. The van der Waals surface area contributed by atoms with E-state index >= 15 is 0 Å². The molecule has 5 rings (SSSR count). The summed E-state index contributed by atoms with van der Waals surface area (Å²) >= 11 is 1.20. The average Bonchev–Trinajstić information content (AvgIpc) is 3.48. The SMILES string of the molecule is Cc1c(-c2ncco2)sc2c1c(=O)n(C(C)(C)C(=O)O)c(=O)n2CC(C)(OC1COC1)c1ccccc1. The minimum absolute atomic E-state index is 0.0315. The van der Waals surface area contributed by atoms with Crippen LogP contribution in [0.5, 0.6) is 0 Å². The van der Waals surface area contributed by atoms with Gasteiger partial charge in [-0.2, -0.15) is 0 Å². The van der Waals surface area contributed by atoms with E-state index in [1.807, 2.05) is 37.3 Å². The number of ether oxygens (including phenoxy) is 2. The maximum Gasteiger partial charge on any atom is 0.333 e. The van der Waals surface area contributed by atoms with E-state index in [2.05, 4.69) is 4.98 Å². The molecule has 1 aromatic carbocycles. The second-order valence-electron chi connectivity index (χ2n) is 9.82. The van der Waals surface area contributed by atoms with Crippen LogP contribution in [0.4, 0.5) is 0 Å². The molecule has 0 amide bonds. The highest BCUT2D eigenvalue weighted by Crippen LogP contribution is 2.38. The predicted octanol–water partition coefficient (Wildman–Crippen LogP) is 3.34. The number of carboxylic acids is 1. The minimum atomic E-state index is -1.80. The van der Waals surface area contributed by atoms with Crippen molar-refractivity contribution in [2.24, 2.45) is 0 Å². The van der Waals surface area contributed by atoms with Crippen LogP contribution < -0.4 is 11.2 Å². The summed E-state index contributed by atoms with van der Waals surface area (Å²) in [6.07, 6.45) is 2.77. The zero-order valence-electron chi connectivity index (χ0n) is 20.9. The van der Waals surface area contributed by atoms with Gasteiger partial charge in [0.1, 0.15) is 28.3 Å². The number of aliphatic carboxylic acids is 1. The molecule has 1 aliphatic heterocycles. The molecule has 1 unspecified atom stereocenters. The standard InChI is InChI=1S/C26H27N3O7S/c1-15-18-21(30)29(25(2,3)23(31)32)24(33)28(22(18)37-19(15)20-27-10-11-35-20)14-26(4,36-17-12-34-13-17)16-8-6-5-7-9-16/h5-11,17H,12-14H2,1-4H3,(H,31,32). The van der Waals surface area contributed by atoms with E-state index in [0.717, 1.165) is 10.1 Å². The van der Waals surface area contributed by atoms with Crippen molar-refractivity contribution >= 4 is 27.5 Å². The van der Waals surface area contributed by atoms with Crippen molar-refractivity contribution in [3.63, 3.8) is 0 Å². The first kappa shape index (κ1) is 25.1. The molecule has 1 aliphatic rings. The normalized spacial score (nSPS) is 16.0. The van der Waals surface area contributed by atoms with Gasteiger partial charge in [0.05, 0.1) is 36.2 Å². The molecule has 0 radical (unpaired) electrons. The third-order valence-corrected chi connectivity index (χ3v) is 8.10. The second-order valence-corrected chi connectivity index (χ2v) is 10.8. The van der Waals surface area contributed by atoms with Crippen molar-refractivity contribution in [2.45, 2.75) is 51.5 Å². The van der Waals surface area contributed by atoms with Crippen molar-refractivity contribution in [2.75, 3.05) is 13.2 Å². The van der Waals surface area contributed by atoms with Crippen LogP contribution in [-0.2, 0) is 32.0 Å². The predicted molar refractivity (Wildman–Crippen MR) is 137 cm³/mol. The highest BCUT2D eigenvalue weighted by atomic mass is 32.1. The van der Waals surface area contributed by atoms with Crippen molar-refractivity contribution in [1.82, 2.24) is 14.1 Å². The Morgan fingerprint density at radius 1 is 1.22 bits per heavy atom. The summed E-state index contributed by atoms with van der Waals surface area (Å²) in [6.45, 7) is 7.20. The van der Waals surface area contributed by atoms with Gasteiger partial charge in [0.25, 0.3) is 5.56 Å². The molecular formula is C26H27N3O7S.